The van der Waals surface area contributed by atoms with E-state index in [1.165, 1.54) is 0 Å². The molecule has 8 nitrogen and oxygen atoms in total. The van der Waals surface area contributed by atoms with Crippen LogP contribution in [0, 0.1) is 5.92 Å². The van der Waals surface area contributed by atoms with E-state index >= 15 is 0 Å². The molecule has 0 bridgehead atoms. The van der Waals surface area contributed by atoms with Crippen molar-refractivity contribution >= 4 is 28.8 Å². The van der Waals surface area contributed by atoms with Gasteiger partial charge in [-0.1, -0.05) is 19.1 Å². The molecule has 2 aliphatic heterocycles. The zero-order valence-corrected chi connectivity index (χ0v) is 15.7. The number of amides is 3. The molecule has 2 atom stereocenters. The minimum Gasteiger partial charge on any atom is -0.365 e. The molecule has 3 heterocycles. The number of benzene rings is 1. The molecule has 0 spiro atoms. The number of hydrogen-bond donors (Lipinski definition) is 2. The molecule has 1 saturated heterocycles. The fraction of sp³-hybridized carbons (Fsp3) is 0.300. The first-order chi connectivity index (χ1) is 13.3. The molecule has 1 fully saturated rings. The molecule has 8 heteroatoms. The Hall–Kier alpha value is -3.42. The molecule has 1 aliphatic carbocycles. The van der Waals surface area contributed by atoms with E-state index in [4.69, 9.17) is 0 Å². The standard InChI is InChI=1S/C20H19N5O3/c1-10-14-13(8-9-21-15(10)14)24-12-7-5-4-6-11(12)22-16(17(24)26)25-18(27)20(2,3)23-19(25)28/h4-10,13,21H,1-3H3,(H,23,28)/t10-,13?/m1/s1. The summed E-state index contributed by atoms with van der Waals surface area (Å²) in [5, 5.41) is 5.81. The van der Waals surface area contributed by atoms with Gasteiger partial charge in [-0.25, -0.2) is 14.7 Å². The highest BCUT2D eigenvalue weighted by Crippen LogP contribution is 2.47. The van der Waals surface area contributed by atoms with E-state index in [1.807, 2.05) is 30.5 Å². The Kier molecular flexibility index (Phi) is 3.17. The monoisotopic (exact) mass is 377 g/mol. The van der Waals surface area contributed by atoms with E-state index in [0.717, 1.165) is 16.2 Å². The van der Waals surface area contributed by atoms with Gasteiger partial charge < -0.3 is 10.6 Å². The molecule has 1 aromatic heterocycles. The number of anilines is 1. The maximum Gasteiger partial charge on any atom is 0.331 e. The summed E-state index contributed by atoms with van der Waals surface area (Å²) in [4.78, 5) is 44.0. The molecule has 1 aromatic carbocycles. The highest BCUT2D eigenvalue weighted by atomic mass is 16.2. The minimum atomic E-state index is -1.09. The van der Waals surface area contributed by atoms with Crippen LogP contribution in [0.5, 0.6) is 0 Å². The number of carbonyl (C=O) groups is 2. The second-order valence-electron chi connectivity index (χ2n) is 7.83. The molecule has 1 unspecified atom stereocenters. The number of nitrogens with zero attached hydrogens (tertiary/aromatic N) is 3. The zero-order valence-electron chi connectivity index (χ0n) is 15.7. The van der Waals surface area contributed by atoms with Crippen molar-refractivity contribution in [1.82, 2.24) is 20.2 Å². The summed E-state index contributed by atoms with van der Waals surface area (Å²) in [7, 11) is 0. The van der Waals surface area contributed by atoms with Crippen LogP contribution in [-0.2, 0) is 4.79 Å². The lowest BCUT2D eigenvalue weighted by Crippen LogP contribution is -2.42. The number of rotatable bonds is 2. The number of para-hydroxylation sites is 2. The number of dihydropyridines is 1. The van der Waals surface area contributed by atoms with E-state index in [-0.39, 0.29) is 17.8 Å². The molecule has 2 N–H and O–H groups in total. The van der Waals surface area contributed by atoms with Gasteiger partial charge in [-0.3, -0.25) is 14.2 Å². The van der Waals surface area contributed by atoms with Crippen molar-refractivity contribution in [2.75, 3.05) is 4.90 Å². The zero-order chi connectivity index (χ0) is 19.8. The molecule has 3 aliphatic rings. The van der Waals surface area contributed by atoms with Crippen LogP contribution in [0.2, 0.25) is 0 Å². The lowest BCUT2D eigenvalue weighted by atomic mass is 10.1. The maximum atomic E-state index is 13.5. The highest BCUT2D eigenvalue weighted by molar-refractivity contribution is 6.22. The van der Waals surface area contributed by atoms with Crippen molar-refractivity contribution in [2.45, 2.75) is 32.4 Å². The van der Waals surface area contributed by atoms with Gasteiger partial charge in [-0.15, -0.1) is 0 Å². The van der Waals surface area contributed by atoms with Crippen LogP contribution in [-0.4, -0.2) is 27.0 Å². The summed E-state index contributed by atoms with van der Waals surface area (Å²) >= 11 is 0. The Morgan fingerprint density at radius 3 is 2.61 bits per heavy atom. The van der Waals surface area contributed by atoms with Crippen LogP contribution < -0.4 is 21.1 Å². The third-order valence-corrected chi connectivity index (χ3v) is 5.59. The summed E-state index contributed by atoms with van der Waals surface area (Å²) in [5.74, 6) is -0.406. The molecular weight excluding hydrogens is 358 g/mol. The minimum absolute atomic E-state index is 0.172. The van der Waals surface area contributed by atoms with Crippen LogP contribution in [0.4, 0.5) is 10.6 Å². The predicted molar refractivity (Wildman–Crippen MR) is 104 cm³/mol. The number of nitrogens with one attached hydrogen (secondary N) is 2. The fourth-order valence-corrected chi connectivity index (χ4v) is 4.04. The van der Waals surface area contributed by atoms with Gasteiger partial charge in [-0.05, 0) is 43.8 Å². The average molecular weight is 377 g/mol. The normalized spacial score (nSPS) is 25.0. The largest absolute Gasteiger partial charge is 0.365 e. The molecule has 0 saturated carbocycles. The summed E-state index contributed by atoms with van der Waals surface area (Å²) in [6.45, 7) is 5.28. The van der Waals surface area contributed by atoms with Crippen LogP contribution in [0.15, 0.2) is 52.6 Å². The molecular formula is C20H19N5O3. The second-order valence-corrected chi connectivity index (χ2v) is 7.83. The van der Waals surface area contributed by atoms with Gasteiger partial charge in [0.25, 0.3) is 11.5 Å². The van der Waals surface area contributed by atoms with Gasteiger partial charge in [0.1, 0.15) is 5.54 Å². The van der Waals surface area contributed by atoms with Crippen LogP contribution in [0.25, 0.3) is 11.0 Å². The Morgan fingerprint density at radius 2 is 1.89 bits per heavy atom. The summed E-state index contributed by atoms with van der Waals surface area (Å²) < 4.78 is 1.62. The first-order valence-electron chi connectivity index (χ1n) is 9.16. The first-order valence-corrected chi connectivity index (χ1v) is 9.16. The van der Waals surface area contributed by atoms with E-state index < -0.39 is 23.0 Å². The number of hydrogen-bond acceptors (Lipinski definition) is 5. The SMILES string of the molecule is C[C@H]1C2=C1C(n1c(=O)c(N3C(=O)NC(C)(C)C3=O)nc3ccccc31)C=CN2. The fourth-order valence-electron chi connectivity index (χ4n) is 4.04. The second kappa shape index (κ2) is 5.31. The van der Waals surface area contributed by atoms with Crippen molar-refractivity contribution in [1.29, 1.82) is 0 Å². The smallest absolute Gasteiger partial charge is 0.331 e. The van der Waals surface area contributed by atoms with Gasteiger partial charge in [-0.2, -0.15) is 0 Å². The Labute approximate surface area is 160 Å². The van der Waals surface area contributed by atoms with Gasteiger partial charge >= 0.3 is 6.03 Å². The first kappa shape index (κ1) is 16.7. The van der Waals surface area contributed by atoms with Gasteiger partial charge in [0.15, 0.2) is 0 Å². The van der Waals surface area contributed by atoms with E-state index in [9.17, 15) is 14.4 Å². The number of aromatic nitrogens is 2. The van der Waals surface area contributed by atoms with Crippen molar-refractivity contribution in [3.63, 3.8) is 0 Å². The number of urea groups is 1. The van der Waals surface area contributed by atoms with E-state index in [1.54, 1.807) is 24.5 Å². The van der Waals surface area contributed by atoms with E-state index in [0.29, 0.717) is 11.0 Å². The number of fused-ring (bicyclic) bond motifs is 1. The van der Waals surface area contributed by atoms with Crippen molar-refractivity contribution < 1.29 is 9.59 Å². The summed E-state index contributed by atoms with van der Waals surface area (Å²) in [6.07, 6.45) is 3.74. The molecule has 28 heavy (non-hydrogen) atoms. The third-order valence-electron chi connectivity index (χ3n) is 5.59. The Balaban J connectivity index is 1.77. The van der Waals surface area contributed by atoms with Crippen LogP contribution in [0.1, 0.15) is 26.8 Å². The van der Waals surface area contributed by atoms with Gasteiger partial charge in [0.05, 0.1) is 17.1 Å². The lowest BCUT2D eigenvalue weighted by Gasteiger charge is -2.21. The van der Waals surface area contributed by atoms with Crippen LogP contribution in [0.3, 0.4) is 0 Å². The van der Waals surface area contributed by atoms with E-state index in [2.05, 4.69) is 22.5 Å². The number of imide groups is 1. The molecule has 5 rings (SSSR count). The van der Waals surface area contributed by atoms with Crippen molar-refractivity contribution in [2.24, 2.45) is 5.92 Å². The quantitative estimate of drug-likeness (QED) is 0.778. The van der Waals surface area contributed by atoms with Gasteiger partial charge in [0, 0.05) is 11.6 Å². The Bertz CT molecular complexity index is 1190. The number of allylic oxidation sites excluding steroid dienone is 3. The van der Waals surface area contributed by atoms with Gasteiger partial charge in [0.2, 0.25) is 5.82 Å². The lowest BCUT2D eigenvalue weighted by molar-refractivity contribution is -0.121. The predicted octanol–water partition coefficient (Wildman–Crippen LogP) is 1.79. The third kappa shape index (κ3) is 2.11. The summed E-state index contributed by atoms with van der Waals surface area (Å²) in [6, 6.07) is 6.33. The highest BCUT2D eigenvalue weighted by Gasteiger charge is 2.47. The molecule has 0 radical (unpaired) electrons. The van der Waals surface area contributed by atoms with Crippen molar-refractivity contribution in [3.8, 4) is 0 Å². The van der Waals surface area contributed by atoms with Crippen LogP contribution >= 0.6 is 0 Å². The topological polar surface area (TPSA) is 96.3 Å². The average Bonchev–Trinajstić information content (AvgIpc) is 3.26. The number of carbonyl (C=O) groups excluding carboxylic acids is 2. The maximum absolute atomic E-state index is 13.5. The summed E-state index contributed by atoms with van der Waals surface area (Å²) in [5.41, 5.74) is 1.89. The molecule has 3 amide bonds. The molecule has 142 valence electrons. The Morgan fingerprint density at radius 1 is 1.14 bits per heavy atom. The molecule has 2 aromatic rings. The van der Waals surface area contributed by atoms with Crippen molar-refractivity contribution in [3.05, 3.63) is 58.2 Å².